The van der Waals surface area contributed by atoms with Gasteiger partial charge in [-0.2, -0.15) is 0 Å². The number of anilines is 1. The van der Waals surface area contributed by atoms with Crippen molar-refractivity contribution in [3.05, 3.63) is 63.6 Å². The number of sulfonamides is 1. The van der Waals surface area contributed by atoms with Gasteiger partial charge < -0.3 is 10.2 Å². The second kappa shape index (κ2) is 13.3. The van der Waals surface area contributed by atoms with E-state index in [4.69, 9.17) is 23.2 Å². The Balaban J connectivity index is 2.20. The van der Waals surface area contributed by atoms with E-state index in [1.54, 1.807) is 44.2 Å². The number of hydrogen-bond donors (Lipinski definition) is 1. The van der Waals surface area contributed by atoms with Crippen molar-refractivity contribution in [1.82, 2.24) is 10.2 Å². The Hall–Kier alpha value is -2.29. The number of nitrogens with one attached hydrogen (secondary N) is 1. The average molecular weight is 557 g/mol. The SMILES string of the molecule is CC[C@@H](C)NC(=O)[C@@H](C)N(Cc1ccc(Cl)cc1)C(=O)CCCN(c1cc(Cl)ccc1C)S(C)(=O)=O. The maximum absolute atomic E-state index is 13.3. The lowest BCUT2D eigenvalue weighted by atomic mass is 10.1. The highest BCUT2D eigenvalue weighted by atomic mass is 35.5. The summed E-state index contributed by atoms with van der Waals surface area (Å²) in [6, 6.07) is 11.4. The number of halogens is 2. The number of carbonyl (C=O) groups excluding carboxylic acids is 2. The van der Waals surface area contributed by atoms with Gasteiger partial charge in [0, 0.05) is 35.6 Å². The zero-order chi connectivity index (χ0) is 27.0. The summed E-state index contributed by atoms with van der Waals surface area (Å²) in [5.41, 5.74) is 2.08. The molecule has 1 N–H and O–H groups in total. The lowest BCUT2D eigenvalue weighted by molar-refractivity contribution is -0.140. The first-order valence-electron chi connectivity index (χ1n) is 11.9. The van der Waals surface area contributed by atoms with Gasteiger partial charge in [-0.05, 0) is 69.0 Å². The smallest absolute Gasteiger partial charge is 0.242 e. The van der Waals surface area contributed by atoms with Crippen LogP contribution in [0.15, 0.2) is 42.5 Å². The predicted octanol–water partition coefficient (Wildman–Crippen LogP) is 5.18. The summed E-state index contributed by atoms with van der Waals surface area (Å²) in [6.07, 6.45) is 2.24. The molecule has 0 bridgehead atoms. The lowest BCUT2D eigenvalue weighted by Gasteiger charge is -2.30. The second-order valence-electron chi connectivity index (χ2n) is 9.01. The van der Waals surface area contributed by atoms with Crippen LogP contribution in [-0.4, -0.2) is 50.0 Å². The van der Waals surface area contributed by atoms with E-state index in [9.17, 15) is 18.0 Å². The van der Waals surface area contributed by atoms with Crippen molar-refractivity contribution in [2.45, 2.75) is 65.6 Å². The van der Waals surface area contributed by atoms with Gasteiger partial charge in [0.2, 0.25) is 21.8 Å². The van der Waals surface area contributed by atoms with Crippen LogP contribution < -0.4 is 9.62 Å². The number of amides is 2. The highest BCUT2D eigenvalue weighted by Gasteiger charge is 2.27. The predicted molar refractivity (Wildman–Crippen MR) is 147 cm³/mol. The zero-order valence-electron chi connectivity index (χ0n) is 21.4. The van der Waals surface area contributed by atoms with Gasteiger partial charge in [-0.3, -0.25) is 13.9 Å². The first kappa shape index (κ1) is 29.9. The fraction of sp³-hybridized carbons (Fsp3) is 0.462. The Morgan fingerprint density at radius 2 is 1.64 bits per heavy atom. The molecule has 0 unspecified atom stereocenters. The molecule has 0 fully saturated rings. The number of carbonyl (C=O) groups is 2. The molecular formula is C26H35Cl2N3O4S. The van der Waals surface area contributed by atoms with Crippen molar-refractivity contribution in [3.8, 4) is 0 Å². The monoisotopic (exact) mass is 555 g/mol. The Labute approximate surface area is 224 Å². The fourth-order valence-corrected chi connectivity index (χ4v) is 4.98. The molecule has 10 heteroatoms. The molecule has 0 radical (unpaired) electrons. The maximum atomic E-state index is 13.3. The molecule has 0 aliphatic carbocycles. The third-order valence-electron chi connectivity index (χ3n) is 6.03. The minimum absolute atomic E-state index is 0.0170. The van der Waals surface area contributed by atoms with Crippen LogP contribution in [0.2, 0.25) is 10.0 Å². The molecule has 2 rings (SSSR count). The number of hydrogen-bond acceptors (Lipinski definition) is 4. The molecule has 0 saturated carbocycles. The van der Waals surface area contributed by atoms with Crippen molar-refractivity contribution >= 4 is 50.7 Å². The van der Waals surface area contributed by atoms with Gasteiger partial charge in [-0.25, -0.2) is 8.42 Å². The van der Waals surface area contributed by atoms with E-state index in [0.29, 0.717) is 15.7 Å². The van der Waals surface area contributed by atoms with Crippen LogP contribution in [0.25, 0.3) is 0 Å². The largest absolute Gasteiger partial charge is 0.352 e. The van der Waals surface area contributed by atoms with E-state index < -0.39 is 16.1 Å². The molecule has 2 atom stereocenters. The van der Waals surface area contributed by atoms with Crippen molar-refractivity contribution in [1.29, 1.82) is 0 Å². The van der Waals surface area contributed by atoms with Crippen molar-refractivity contribution in [2.75, 3.05) is 17.1 Å². The molecule has 2 aromatic carbocycles. The van der Waals surface area contributed by atoms with Gasteiger partial charge in [0.05, 0.1) is 11.9 Å². The first-order chi connectivity index (χ1) is 16.8. The molecule has 198 valence electrons. The van der Waals surface area contributed by atoms with E-state index in [0.717, 1.165) is 23.8 Å². The number of rotatable bonds is 12. The third kappa shape index (κ3) is 8.68. The van der Waals surface area contributed by atoms with E-state index in [-0.39, 0.29) is 43.8 Å². The Bertz CT molecular complexity index is 1160. The van der Waals surface area contributed by atoms with Gasteiger partial charge in [0.25, 0.3) is 0 Å². The molecular weight excluding hydrogens is 521 g/mol. The van der Waals surface area contributed by atoms with Crippen molar-refractivity contribution in [3.63, 3.8) is 0 Å². The summed E-state index contributed by atoms with van der Waals surface area (Å²) >= 11 is 12.1. The van der Waals surface area contributed by atoms with E-state index in [2.05, 4.69) is 5.32 Å². The standard InChI is InChI=1S/C26H35Cl2N3O4S/c1-6-19(3)29-26(33)20(4)30(17-21-10-13-22(27)14-11-21)25(32)8-7-15-31(36(5,34)35)24-16-23(28)12-9-18(24)2/h9-14,16,19-20H,6-8,15,17H2,1-5H3,(H,29,33)/t19-,20-/m1/s1. The third-order valence-corrected chi connectivity index (χ3v) is 7.69. The molecule has 0 aliphatic heterocycles. The summed E-state index contributed by atoms with van der Waals surface area (Å²) in [5, 5.41) is 3.94. The molecule has 7 nitrogen and oxygen atoms in total. The van der Waals surface area contributed by atoms with Crippen LogP contribution in [0.1, 0.15) is 51.2 Å². The van der Waals surface area contributed by atoms with Crippen LogP contribution in [0.5, 0.6) is 0 Å². The first-order valence-corrected chi connectivity index (χ1v) is 14.5. The fourth-order valence-electron chi connectivity index (χ4n) is 3.67. The molecule has 36 heavy (non-hydrogen) atoms. The van der Waals surface area contributed by atoms with E-state index >= 15 is 0 Å². The normalized spacial score (nSPS) is 13.1. The van der Waals surface area contributed by atoms with Gasteiger partial charge in [0.1, 0.15) is 6.04 Å². The van der Waals surface area contributed by atoms with Crippen LogP contribution in [0.4, 0.5) is 5.69 Å². The minimum atomic E-state index is -3.60. The van der Waals surface area contributed by atoms with E-state index in [1.165, 1.54) is 9.21 Å². The summed E-state index contributed by atoms with van der Waals surface area (Å²) in [7, 11) is -3.60. The molecule has 0 aliphatic rings. The maximum Gasteiger partial charge on any atom is 0.242 e. The van der Waals surface area contributed by atoms with Crippen LogP contribution in [0.3, 0.4) is 0 Å². The average Bonchev–Trinajstić information content (AvgIpc) is 2.81. The zero-order valence-corrected chi connectivity index (χ0v) is 23.8. The summed E-state index contributed by atoms with van der Waals surface area (Å²) in [4.78, 5) is 27.7. The highest BCUT2D eigenvalue weighted by molar-refractivity contribution is 7.92. The van der Waals surface area contributed by atoms with Crippen molar-refractivity contribution in [2.24, 2.45) is 0 Å². The molecule has 0 aromatic heterocycles. The molecule has 0 saturated heterocycles. The van der Waals surface area contributed by atoms with Gasteiger partial charge >= 0.3 is 0 Å². The molecule has 2 amide bonds. The minimum Gasteiger partial charge on any atom is -0.352 e. The number of nitrogens with zero attached hydrogens (tertiary/aromatic N) is 2. The Kier molecular flexibility index (Phi) is 11.1. The summed E-state index contributed by atoms with van der Waals surface area (Å²) in [6.45, 7) is 7.72. The highest BCUT2D eigenvalue weighted by Crippen LogP contribution is 2.27. The molecule has 0 spiro atoms. The topological polar surface area (TPSA) is 86.8 Å². The molecule has 0 heterocycles. The van der Waals surface area contributed by atoms with Crippen LogP contribution in [-0.2, 0) is 26.2 Å². The van der Waals surface area contributed by atoms with Crippen LogP contribution in [0, 0.1) is 6.92 Å². The van der Waals surface area contributed by atoms with Crippen LogP contribution >= 0.6 is 23.2 Å². The number of aryl methyl sites for hydroxylation is 1. The molecule has 2 aromatic rings. The summed E-state index contributed by atoms with van der Waals surface area (Å²) < 4.78 is 26.3. The van der Waals surface area contributed by atoms with E-state index in [1.807, 2.05) is 26.0 Å². The number of benzene rings is 2. The quantitative estimate of drug-likeness (QED) is 0.391. The Morgan fingerprint density at radius 3 is 2.22 bits per heavy atom. The lowest BCUT2D eigenvalue weighted by Crippen LogP contribution is -2.49. The van der Waals surface area contributed by atoms with Gasteiger partial charge in [-0.15, -0.1) is 0 Å². The Morgan fingerprint density at radius 1 is 1.03 bits per heavy atom. The van der Waals surface area contributed by atoms with Gasteiger partial charge in [0.15, 0.2) is 0 Å². The second-order valence-corrected chi connectivity index (χ2v) is 11.8. The van der Waals surface area contributed by atoms with Gasteiger partial charge in [-0.1, -0.05) is 48.3 Å². The summed E-state index contributed by atoms with van der Waals surface area (Å²) in [5.74, 6) is -0.480. The van der Waals surface area contributed by atoms with Crippen molar-refractivity contribution < 1.29 is 18.0 Å².